The standard InChI is InChI=1S/C26H23N3O3/c1-16-14-27-17(2)24(29-16)22-6-3-5-20-13-21(32-25(20)22)15-28-26(30)19-10-8-18(9-11-19)23-7-4-12-31-23/h3-12,14,21H,13,15H2,1-2H3,(H,28,30). The Morgan fingerprint density at radius 3 is 2.72 bits per heavy atom. The third kappa shape index (κ3) is 3.87. The SMILES string of the molecule is Cc1cnc(C)c(-c2cccc3c2OC(CNC(=O)c2ccc(-c4ccco4)cc2)C3)n1. The first kappa shape index (κ1) is 20.0. The molecule has 0 bridgehead atoms. The number of ether oxygens (including phenoxy) is 1. The topological polar surface area (TPSA) is 77.2 Å². The van der Waals surface area contributed by atoms with E-state index in [0.717, 1.165) is 51.7 Å². The van der Waals surface area contributed by atoms with Gasteiger partial charge in [0.2, 0.25) is 0 Å². The van der Waals surface area contributed by atoms with E-state index in [4.69, 9.17) is 9.15 Å². The number of benzene rings is 2. The summed E-state index contributed by atoms with van der Waals surface area (Å²) in [5, 5.41) is 2.99. The predicted octanol–water partition coefficient (Wildman–Crippen LogP) is 4.75. The molecule has 6 heteroatoms. The summed E-state index contributed by atoms with van der Waals surface area (Å²) in [5.41, 5.74) is 6.16. The van der Waals surface area contributed by atoms with E-state index in [9.17, 15) is 4.79 Å². The second-order valence-corrected chi connectivity index (χ2v) is 7.95. The lowest BCUT2D eigenvalue weighted by Crippen LogP contribution is -2.34. The molecule has 160 valence electrons. The van der Waals surface area contributed by atoms with E-state index in [1.54, 1.807) is 24.6 Å². The van der Waals surface area contributed by atoms with Crippen molar-refractivity contribution in [3.63, 3.8) is 0 Å². The highest BCUT2D eigenvalue weighted by molar-refractivity contribution is 5.94. The largest absolute Gasteiger partial charge is 0.487 e. The van der Waals surface area contributed by atoms with Crippen LogP contribution in [0.15, 0.2) is 71.5 Å². The number of nitrogens with one attached hydrogen (secondary N) is 1. The lowest BCUT2D eigenvalue weighted by atomic mass is 10.0. The first-order chi connectivity index (χ1) is 15.6. The fourth-order valence-electron chi connectivity index (χ4n) is 3.97. The summed E-state index contributed by atoms with van der Waals surface area (Å²) in [5.74, 6) is 1.48. The number of aromatic nitrogens is 2. The molecule has 1 aliphatic rings. The minimum Gasteiger partial charge on any atom is -0.487 e. The number of nitrogens with zero attached hydrogens (tertiary/aromatic N) is 2. The molecule has 1 atom stereocenters. The van der Waals surface area contributed by atoms with Crippen molar-refractivity contribution in [3.8, 4) is 28.3 Å². The van der Waals surface area contributed by atoms with Gasteiger partial charge in [-0.1, -0.05) is 24.3 Å². The van der Waals surface area contributed by atoms with Crippen molar-refractivity contribution in [3.05, 3.63) is 89.6 Å². The first-order valence-electron chi connectivity index (χ1n) is 10.6. The van der Waals surface area contributed by atoms with Crippen LogP contribution in [0.1, 0.15) is 27.3 Å². The van der Waals surface area contributed by atoms with Crippen LogP contribution in [0.5, 0.6) is 5.75 Å². The zero-order chi connectivity index (χ0) is 22.1. The van der Waals surface area contributed by atoms with Gasteiger partial charge in [0, 0.05) is 29.3 Å². The molecule has 0 fully saturated rings. The summed E-state index contributed by atoms with van der Waals surface area (Å²) in [6, 6.07) is 17.2. The van der Waals surface area contributed by atoms with Gasteiger partial charge in [0.25, 0.3) is 5.91 Å². The van der Waals surface area contributed by atoms with Gasteiger partial charge >= 0.3 is 0 Å². The molecule has 5 rings (SSSR count). The number of fused-ring (bicyclic) bond motifs is 1. The Labute approximate surface area is 186 Å². The molecular weight excluding hydrogens is 402 g/mol. The smallest absolute Gasteiger partial charge is 0.251 e. The Morgan fingerprint density at radius 1 is 1.09 bits per heavy atom. The van der Waals surface area contributed by atoms with Gasteiger partial charge in [0.1, 0.15) is 17.6 Å². The van der Waals surface area contributed by atoms with Gasteiger partial charge in [-0.05, 0) is 49.7 Å². The van der Waals surface area contributed by atoms with Crippen molar-refractivity contribution in [2.24, 2.45) is 0 Å². The van der Waals surface area contributed by atoms with E-state index in [-0.39, 0.29) is 12.0 Å². The van der Waals surface area contributed by atoms with Crippen molar-refractivity contribution in [1.82, 2.24) is 15.3 Å². The maximum absolute atomic E-state index is 12.6. The van der Waals surface area contributed by atoms with Crippen molar-refractivity contribution in [2.45, 2.75) is 26.4 Å². The third-order valence-electron chi connectivity index (χ3n) is 5.60. The Morgan fingerprint density at radius 2 is 1.94 bits per heavy atom. The van der Waals surface area contributed by atoms with Crippen molar-refractivity contribution in [1.29, 1.82) is 0 Å². The quantitative estimate of drug-likeness (QED) is 0.499. The molecule has 1 aliphatic heterocycles. The van der Waals surface area contributed by atoms with E-state index in [0.29, 0.717) is 12.1 Å². The van der Waals surface area contributed by atoms with Gasteiger partial charge in [-0.15, -0.1) is 0 Å². The second kappa shape index (κ2) is 8.30. The number of hydrogen-bond acceptors (Lipinski definition) is 5. The van der Waals surface area contributed by atoms with Crippen molar-refractivity contribution in [2.75, 3.05) is 6.54 Å². The van der Waals surface area contributed by atoms with Crippen LogP contribution in [-0.4, -0.2) is 28.5 Å². The number of carbonyl (C=O) groups excluding carboxylic acids is 1. The number of rotatable bonds is 5. The van der Waals surface area contributed by atoms with Crippen LogP contribution in [-0.2, 0) is 6.42 Å². The molecule has 2 aromatic carbocycles. The van der Waals surface area contributed by atoms with Crippen molar-refractivity contribution >= 4 is 5.91 Å². The Bertz CT molecular complexity index is 1260. The van der Waals surface area contributed by atoms with Gasteiger partial charge in [0.05, 0.1) is 29.9 Å². The van der Waals surface area contributed by atoms with Crippen LogP contribution in [0.25, 0.3) is 22.6 Å². The molecule has 4 aromatic rings. The zero-order valence-corrected chi connectivity index (χ0v) is 18.0. The summed E-state index contributed by atoms with van der Waals surface area (Å²) < 4.78 is 11.6. The van der Waals surface area contributed by atoms with Gasteiger partial charge in [-0.3, -0.25) is 9.78 Å². The molecule has 3 heterocycles. The second-order valence-electron chi connectivity index (χ2n) is 7.95. The highest BCUT2D eigenvalue weighted by Gasteiger charge is 2.27. The molecule has 1 N–H and O–H groups in total. The number of aryl methyl sites for hydroxylation is 2. The highest BCUT2D eigenvalue weighted by Crippen LogP contribution is 2.38. The first-order valence-corrected chi connectivity index (χ1v) is 10.6. The van der Waals surface area contributed by atoms with Crippen LogP contribution in [0.2, 0.25) is 0 Å². The number of furan rings is 1. The summed E-state index contributed by atoms with van der Waals surface area (Å²) in [7, 11) is 0. The molecule has 0 saturated carbocycles. The molecule has 0 radical (unpaired) electrons. The molecule has 0 saturated heterocycles. The lowest BCUT2D eigenvalue weighted by molar-refractivity contribution is 0.0933. The average Bonchev–Trinajstić information content (AvgIpc) is 3.49. The van der Waals surface area contributed by atoms with E-state index in [1.807, 2.05) is 50.2 Å². The molecule has 6 nitrogen and oxygen atoms in total. The van der Waals surface area contributed by atoms with Crippen LogP contribution in [0.4, 0.5) is 0 Å². The van der Waals surface area contributed by atoms with Crippen LogP contribution >= 0.6 is 0 Å². The number of amides is 1. The Balaban J connectivity index is 1.26. The number of carbonyl (C=O) groups is 1. The van der Waals surface area contributed by atoms with Crippen LogP contribution in [0.3, 0.4) is 0 Å². The minimum atomic E-state index is -0.129. The molecule has 2 aromatic heterocycles. The Kier molecular flexibility index (Phi) is 5.19. The fraction of sp³-hybridized carbons (Fsp3) is 0.192. The van der Waals surface area contributed by atoms with Gasteiger partial charge in [-0.25, -0.2) is 4.98 Å². The highest BCUT2D eigenvalue weighted by atomic mass is 16.5. The summed E-state index contributed by atoms with van der Waals surface area (Å²) in [4.78, 5) is 21.7. The zero-order valence-electron chi connectivity index (χ0n) is 18.0. The fourth-order valence-corrected chi connectivity index (χ4v) is 3.97. The predicted molar refractivity (Wildman–Crippen MR) is 122 cm³/mol. The average molecular weight is 425 g/mol. The minimum absolute atomic E-state index is 0.129. The monoisotopic (exact) mass is 425 g/mol. The molecular formula is C26H23N3O3. The summed E-state index contributed by atoms with van der Waals surface area (Å²) in [6.07, 6.45) is 4.01. The number of hydrogen-bond donors (Lipinski definition) is 1. The summed E-state index contributed by atoms with van der Waals surface area (Å²) >= 11 is 0. The lowest BCUT2D eigenvalue weighted by Gasteiger charge is -2.14. The maximum Gasteiger partial charge on any atom is 0.251 e. The van der Waals surface area contributed by atoms with Crippen molar-refractivity contribution < 1.29 is 13.9 Å². The molecule has 1 amide bonds. The van der Waals surface area contributed by atoms with E-state index >= 15 is 0 Å². The molecule has 0 spiro atoms. The molecule has 0 aliphatic carbocycles. The number of para-hydroxylation sites is 1. The molecule has 32 heavy (non-hydrogen) atoms. The van der Waals surface area contributed by atoms with E-state index in [2.05, 4.69) is 21.4 Å². The summed E-state index contributed by atoms with van der Waals surface area (Å²) in [6.45, 7) is 4.30. The van der Waals surface area contributed by atoms with Crippen LogP contribution < -0.4 is 10.1 Å². The van der Waals surface area contributed by atoms with Gasteiger partial charge in [-0.2, -0.15) is 0 Å². The third-order valence-corrected chi connectivity index (χ3v) is 5.60. The van der Waals surface area contributed by atoms with E-state index < -0.39 is 0 Å². The van der Waals surface area contributed by atoms with Gasteiger partial charge in [0.15, 0.2) is 0 Å². The van der Waals surface area contributed by atoms with E-state index in [1.165, 1.54) is 0 Å². The van der Waals surface area contributed by atoms with Crippen LogP contribution in [0, 0.1) is 13.8 Å². The maximum atomic E-state index is 12.6. The molecule has 1 unspecified atom stereocenters. The Hall–Kier alpha value is -3.93. The normalized spacial score (nSPS) is 14.6. The van der Waals surface area contributed by atoms with Gasteiger partial charge < -0.3 is 14.5 Å².